The van der Waals surface area contributed by atoms with Gasteiger partial charge in [-0.15, -0.1) is 0 Å². The van der Waals surface area contributed by atoms with E-state index in [0.29, 0.717) is 44.2 Å². The Hall–Kier alpha value is -3.16. The second-order valence-electron chi connectivity index (χ2n) is 7.01. The monoisotopic (exact) mass is 397 g/mol. The molecule has 2 aromatic rings. The first-order valence-corrected chi connectivity index (χ1v) is 9.73. The number of piperazine rings is 1. The number of benzene rings is 1. The first-order valence-electron chi connectivity index (χ1n) is 9.73. The Morgan fingerprint density at radius 3 is 2.41 bits per heavy atom. The van der Waals surface area contributed by atoms with Crippen molar-refractivity contribution < 1.29 is 14.3 Å². The quantitative estimate of drug-likeness (QED) is 0.794. The minimum absolute atomic E-state index is 0.0837. The molecule has 0 radical (unpaired) electrons. The minimum Gasteiger partial charge on any atom is -0.497 e. The molecular weight excluding hydrogens is 370 g/mol. The van der Waals surface area contributed by atoms with Gasteiger partial charge in [-0.2, -0.15) is 0 Å². The van der Waals surface area contributed by atoms with Crippen molar-refractivity contribution in [2.24, 2.45) is 0 Å². The minimum atomic E-state index is -0.215. The molecule has 3 rings (SSSR count). The second-order valence-corrected chi connectivity index (χ2v) is 7.01. The standard InChI is InChI=1S/C21H27N5O3/c1-15-23-19(14-20(24-15)26-12-10-25(11-13-26)16(2)27)21(28)22-9-8-17-4-6-18(29-3)7-5-17/h4-7,14H,8-13H2,1-3H3,(H,22,28). The van der Waals surface area contributed by atoms with Crippen LogP contribution in [0.4, 0.5) is 5.82 Å². The van der Waals surface area contributed by atoms with Crippen LogP contribution in [0.15, 0.2) is 30.3 Å². The molecule has 0 spiro atoms. The molecule has 1 N–H and O–H groups in total. The predicted molar refractivity (Wildman–Crippen MR) is 110 cm³/mol. The zero-order valence-electron chi connectivity index (χ0n) is 17.1. The molecule has 0 saturated carbocycles. The molecule has 1 fully saturated rings. The topological polar surface area (TPSA) is 87.7 Å². The molecule has 1 aliphatic heterocycles. The van der Waals surface area contributed by atoms with E-state index in [2.05, 4.69) is 20.2 Å². The van der Waals surface area contributed by atoms with Crippen LogP contribution in [-0.4, -0.2) is 66.5 Å². The van der Waals surface area contributed by atoms with Gasteiger partial charge in [-0.05, 0) is 31.0 Å². The summed E-state index contributed by atoms with van der Waals surface area (Å²) in [5.41, 5.74) is 1.48. The summed E-state index contributed by atoms with van der Waals surface area (Å²) in [5, 5.41) is 2.92. The van der Waals surface area contributed by atoms with Crippen LogP contribution < -0.4 is 15.0 Å². The van der Waals surface area contributed by atoms with Crippen LogP contribution in [0.1, 0.15) is 28.8 Å². The second kappa shape index (κ2) is 9.36. The SMILES string of the molecule is COc1ccc(CCNC(=O)c2cc(N3CCN(C(C)=O)CC3)nc(C)n2)cc1. The van der Waals surface area contributed by atoms with E-state index in [1.165, 1.54) is 0 Å². The van der Waals surface area contributed by atoms with E-state index in [4.69, 9.17) is 4.74 Å². The average Bonchev–Trinajstić information content (AvgIpc) is 2.73. The summed E-state index contributed by atoms with van der Waals surface area (Å²) in [7, 11) is 1.64. The first-order chi connectivity index (χ1) is 14.0. The molecule has 0 aliphatic carbocycles. The van der Waals surface area contributed by atoms with Gasteiger partial charge in [-0.3, -0.25) is 9.59 Å². The Kier molecular flexibility index (Phi) is 6.64. The number of methoxy groups -OCH3 is 1. The van der Waals surface area contributed by atoms with Gasteiger partial charge in [0.1, 0.15) is 23.1 Å². The Morgan fingerprint density at radius 2 is 1.79 bits per heavy atom. The molecule has 8 nitrogen and oxygen atoms in total. The molecule has 0 bridgehead atoms. The van der Waals surface area contributed by atoms with Crippen molar-refractivity contribution in [3.05, 3.63) is 47.4 Å². The van der Waals surface area contributed by atoms with Gasteiger partial charge < -0.3 is 19.9 Å². The summed E-state index contributed by atoms with van der Waals surface area (Å²) < 4.78 is 5.15. The highest BCUT2D eigenvalue weighted by Crippen LogP contribution is 2.16. The van der Waals surface area contributed by atoms with Crippen LogP contribution in [0.3, 0.4) is 0 Å². The normalized spacial score (nSPS) is 13.9. The van der Waals surface area contributed by atoms with Crippen molar-refractivity contribution in [3.63, 3.8) is 0 Å². The predicted octanol–water partition coefficient (Wildman–Crippen LogP) is 1.43. The van der Waals surface area contributed by atoms with Gasteiger partial charge in [0.2, 0.25) is 5.91 Å². The van der Waals surface area contributed by atoms with Gasteiger partial charge in [0.15, 0.2) is 0 Å². The lowest BCUT2D eigenvalue weighted by Crippen LogP contribution is -2.48. The van der Waals surface area contributed by atoms with Crippen molar-refractivity contribution in [3.8, 4) is 5.75 Å². The number of nitrogens with zero attached hydrogens (tertiary/aromatic N) is 4. The number of hydrogen-bond donors (Lipinski definition) is 1. The zero-order chi connectivity index (χ0) is 20.8. The Bertz CT molecular complexity index is 861. The van der Waals surface area contributed by atoms with Crippen molar-refractivity contribution in [2.75, 3.05) is 44.7 Å². The lowest BCUT2D eigenvalue weighted by molar-refractivity contribution is -0.129. The summed E-state index contributed by atoms with van der Waals surface area (Å²) >= 11 is 0. The number of hydrogen-bond acceptors (Lipinski definition) is 6. The first kappa shape index (κ1) is 20.6. The van der Waals surface area contributed by atoms with E-state index in [-0.39, 0.29) is 11.8 Å². The van der Waals surface area contributed by atoms with Crippen molar-refractivity contribution in [1.82, 2.24) is 20.2 Å². The maximum atomic E-state index is 12.6. The van der Waals surface area contributed by atoms with E-state index in [1.54, 1.807) is 27.0 Å². The molecule has 0 unspecified atom stereocenters. The number of amides is 2. The molecular formula is C21H27N5O3. The lowest BCUT2D eigenvalue weighted by Gasteiger charge is -2.35. The van der Waals surface area contributed by atoms with E-state index < -0.39 is 0 Å². The largest absolute Gasteiger partial charge is 0.497 e. The van der Waals surface area contributed by atoms with E-state index in [1.807, 2.05) is 29.2 Å². The van der Waals surface area contributed by atoms with Gasteiger partial charge in [0.05, 0.1) is 7.11 Å². The molecule has 2 heterocycles. The summed E-state index contributed by atoms with van der Waals surface area (Å²) in [6.45, 7) is 6.57. The fraction of sp³-hybridized carbons (Fsp3) is 0.429. The van der Waals surface area contributed by atoms with Gasteiger partial charge >= 0.3 is 0 Å². The smallest absolute Gasteiger partial charge is 0.270 e. The van der Waals surface area contributed by atoms with Gasteiger partial charge in [0.25, 0.3) is 5.91 Å². The van der Waals surface area contributed by atoms with Gasteiger partial charge in [0, 0.05) is 45.7 Å². The number of aryl methyl sites for hydroxylation is 1. The molecule has 29 heavy (non-hydrogen) atoms. The molecule has 1 aromatic heterocycles. The molecule has 154 valence electrons. The lowest BCUT2D eigenvalue weighted by atomic mass is 10.1. The third-order valence-electron chi connectivity index (χ3n) is 4.96. The highest BCUT2D eigenvalue weighted by Gasteiger charge is 2.21. The number of carbonyl (C=O) groups excluding carboxylic acids is 2. The fourth-order valence-corrected chi connectivity index (χ4v) is 3.28. The molecule has 0 atom stereocenters. The zero-order valence-corrected chi connectivity index (χ0v) is 17.1. The van der Waals surface area contributed by atoms with Crippen molar-refractivity contribution in [1.29, 1.82) is 0 Å². The van der Waals surface area contributed by atoms with Crippen molar-refractivity contribution >= 4 is 17.6 Å². The van der Waals surface area contributed by atoms with E-state index in [0.717, 1.165) is 23.6 Å². The maximum absolute atomic E-state index is 12.6. The Balaban J connectivity index is 1.58. The van der Waals surface area contributed by atoms with E-state index in [9.17, 15) is 9.59 Å². The number of carbonyl (C=O) groups is 2. The van der Waals surface area contributed by atoms with Crippen molar-refractivity contribution in [2.45, 2.75) is 20.3 Å². The Morgan fingerprint density at radius 1 is 1.10 bits per heavy atom. The molecule has 1 aromatic carbocycles. The highest BCUT2D eigenvalue weighted by atomic mass is 16.5. The summed E-state index contributed by atoms with van der Waals surface area (Å²) in [4.78, 5) is 36.7. The summed E-state index contributed by atoms with van der Waals surface area (Å²) in [5.74, 6) is 1.96. The van der Waals surface area contributed by atoms with Crippen LogP contribution in [0.5, 0.6) is 5.75 Å². The maximum Gasteiger partial charge on any atom is 0.270 e. The number of aromatic nitrogens is 2. The third-order valence-corrected chi connectivity index (χ3v) is 4.96. The number of ether oxygens (including phenoxy) is 1. The molecule has 1 aliphatic rings. The Labute approximate surface area is 170 Å². The third kappa shape index (κ3) is 5.43. The molecule has 8 heteroatoms. The number of anilines is 1. The average molecular weight is 397 g/mol. The van der Waals surface area contributed by atoms with Gasteiger partial charge in [-0.25, -0.2) is 9.97 Å². The van der Waals surface area contributed by atoms with Crippen LogP contribution in [0.25, 0.3) is 0 Å². The highest BCUT2D eigenvalue weighted by molar-refractivity contribution is 5.93. The summed E-state index contributed by atoms with van der Waals surface area (Å²) in [6, 6.07) is 9.50. The number of nitrogens with one attached hydrogen (secondary N) is 1. The van der Waals surface area contributed by atoms with Crippen LogP contribution in [0, 0.1) is 6.92 Å². The van der Waals surface area contributed by atoms with Crippen LogP contribution in [-0.2, 0) is 11.2 Å². The number of rotatable bonds is 6. The molecule has 2 amide bonds. The van der Waals surface area contributed by atoms with Crippen LogP contribution >= 0.6 is 0 Å². The fourth-order valence-electron chi connectivity index (χ4n) is 3.28. The van der Waals surface area contributed by atoms with Gasteiger partial charge in [-0.1, -0.05) is 12.1 Å². The molecule has 1 saturated heterocycles. The van der Waals surface area contributed by atoms with Crippen LogP contribution in [0.2, 0.25) is 0 Å². The summed E-state index contributed by atoms with van der Waals surface area (Å²) in [6.07, 6.45) is 0.722. The van der Waals surface area contributed by atoms with E-state index >= 15 is 0 Å².